The summed E-state index contributed by atoms with van der Waals surface area (Å²) in [5, 5.41) is 6.74. The Morgan fingerprint density at radius 3 is 2.77 bits per heavy atom. The van der Waals surface area contributed by atoms with E-state index in [1.54, 1.807) is 7.05 Å². The zero-order valence-corrected chi connectivity index (χ0v) is 15.2. The third-order valence-corrected chi connectivity index (χ3v) is 4.06. The highest BCUT2D eigenvalue weighted by Crippen LogP contribution is 2.34. The summed E-state index contributed by atoms with van der Waals surface area (Å²) in [6, 6.07) is 10.2. The van der Waals surface area contributed by atoms with Crippen LogP contribution in [0.2, 0.25) is 0 Å². The Labute approximate surface area is 148 Å². The lowest BCUT2D eigenvalue weighted by Crippen LogP contribution is -2.48. The first-order valence-corrected chi connectivity index (χ1v) is 7.65. The Kier molecular flexibility index (Phi) is 6.75. The van der Waals surface area contributed by atoms with Crippen molar-refractivity contribution >= 4 is 29.9 Å². The number of hydrogen-bond donors (Lipinski definition) is 2. The van der Waals surface area contributed by atoms with Crippen LogP contribution < -0.4 is 15.4 Å². The van der Waals surface area contributed by atoms with Crippen molar-refractivity contribution < 1.29 is 9.47 Å². The number of nitrogens with one attached hydrogen (secondary N) is 2. The standard InChI is InChI=1S/C16H23N3O2.HI/c1-17-16(19-14-11-13-7-8-15(14)21-13)18-9-10-20-12-5-3-2-4-6-12;/h2-6,13-15H,7-11H2,1H3,(H2,17,18,19);1H. The van der Waals surface area contributed by atoms with Crippen LogP contribution in [0.4, 0.5) is 0 Å². The average Bonchev–Trinajstić information content (AvgIpc) is 3.14. The number of para-hydroxylation sites is 1. The van der Waals surface area contributed by atoms with Crippen LogP contribution in [-0.4, -0.2) is 44.4 Å². The van der Waals surface area contributed by atoms with Crippen LogP contribution in [0.25, 0.3) is 0 Å². The van der Waals surface area contributed by atoms with Gasteiger partial charge in [0.25, 0.3) is 0 Å². The van der Waals surface area contributed by atoms with Gasteiger partial charge in [-0.2, -0.15) is 0 Å². The molecule has 2 fully saturated rings. The maximum absolute atomic E-state index is 5.84. The second-order valence-electron chi connectivity index (χ2n) is 5.52. The van der Waals surface area contributed by atoms with E-state index in [0.29, 0.717) is 24.9 Å². The lowest BCUT2D eigenvalue weighted by Gasteiger charge is -2.22. The van der Waals surface area contributed by atoms with Crippen molar-refractivity contribution in [3.8, 4) is 5.75 Å². The van der Waals surface area contributed by atoms with Crippen LogP contribution in [0, 0.1) is 0 Å². The molecule has 1 aromatic carbocycles. The Morgan fingerprint density at radius 2 is 2.14 bits per heavy atom. The molecule has 3 unspecified atom stereocenters. The lowest BCUT2D eigenvalue weighted by atomic mass is 9.96. The Bertz CT molecular complexity index is 484. The highest BCUT2D eigenvalue weighted by atomic mass is 127. The second-order valence-corrected chi connectivity index (χ2v) is 5.52. The van der Waals surface area contributed by atoms with Gasteiger partial charge >= 0.3 is 0 Å². The first kappa shape index (κ1) is 17.3. The fraction of sp³-hybridized carbons (Fsp3) is 0.562. The highest BCUT2D eigenvalue weighted by Gasteiger charge is 2.41. The smallest absolute Gasteiger partial charge is 0.191 e. The van der Waals surface area contributed by atoms with Gasteiger partial charge in [0.15, 0.2) is 5.96 Å². The van der Waals surface area contributed by atoms with Crippen molar-refractivity contribution in [1.82, 2.24) is 10.6 Å². The van der Waals surface area contributed by atoms with E-state index >= 15 is 0 Å². The maximum atomic E-state index is 5.84. The van der Waals surface area contributed by atoms with Crippen LogP contribution in [0.5, 0.6) is 5.75 Å². The summed E-state index contributed by atoms with van der Waals surface area (Å²) >= 11 is 0. The van der Waals surface area contributed by atoms with Gasteiger partial charge in [-0.05, 0) is 31.4 Å². The zero-order valence-electron chi connectivity index (χ0n) is 12.8. The predicted molar refractivity (Wildman–Crippen MR) is 98.1 cm³/mol. The number of nitrogens with zero attached hydrogens (tertiary/aromatic N) is 1. The summed E-state index contributed by atoms with van der Waals surface area (Å²) in [6.45, 7) is 1.33. The van der Waals surface area contributed by atoms with E-state index in [2.05, 4.69) is 15.6 Å². The van der Waals surface area contributed by atoms with Crippen molar-refractivity contribution in [2.45, 2.75) is 37.5 Å². The number of halogens is 1. The van der Waals surface area contributed by atoms with Gasteiger partial charge in [-0.1, -0.05) is 18.2 Å². The van der Waals surface area contributed by atoms with E-state index in [-0.39, 0.29) is 24.0 Å². The minimum atomic E-state index is 0. The van der Waals surface area contributed by atoms with E-state index in [9.17, 15) is 0 Å². The molecule has 122 valence electrons. The number of guanidine groups is 1. The first-order valence-electron chi connectivity index (χ1n) is 7.65. The van der Waals surface area contributed by atoms with Gasteiger partial charge in [0, 0.05) is 7.05 Å². The molecule has 0 aliphatic carbocycles. The molecular weight excluding hydrogens is 393 g/mol. The molecule has 0 radical (unpaired) electrons. The fourth-order valence-electron chi connectivity index (χ4n) is 3.02. The molecule has 2 aliphatic rings. The average molecular weight is 417 g/mol. The summed E-state index contributed by atoms with van der Waals surface area (Å²) in [7, 11) is 1.79. The molecule has 6 heteroatoms. The molecule has 0 amide bonds. The summed E-state index contributed by atoms with van der Waals surface area (Å²) < 4.78 is 11.5. The largest absolute Gasteiger partial charge is 0.492 e. The van der Waals surface area contributed by atoms with Gasteiger partial charge in [-0.25, -0.2) is 0 Å². The van der Waals surface area contributed by atoms with Gasteiger partial charge in [0.05, 0.1) is 24.8 Å². The topological polar surface area (TPSA) is 54.9 Å². The third kappa shape index (κ3) is 4.49. The molecule has 0 aromatic heterocycles. The van der Waals surface area contributed by atoms with Crippen LogP contribution in [0.15, 0.2) is 35.3 Å². The maximum Gasteiger partial charge on any atom is 0.191 e. The molecule has 3 atom stereocenters. The minimum absolute atomic E-state index is 0. The molecule has 5 nitrogen and oxygen atoms in total. The van der Waals surface area contributed by atoms with Crippen molar-refractivity contribution in [2.24, 2.45) is 4.99 Å². The SMILES string of the molecule is CN=C(NCCOc1ccccc1)NC1CC2CCC1O2.I. The molecule has 2 heterocycles. The van der Waals surface area contributed by atoms with Gasteiger partial charge in [0.2, 0.25) is 0 Å². The summed E-state index contributed by atoms with van der Waals surface area (Å²) in [6.07, 6.45) is 4.27. The molecule has 2 saturated heterocycles. The highest BCUT2D eigenvalue weighted by molar-refractivity contribution is 14.0. The number of aliphatic imine (C=N–C) groups is 1. The second kappa shape index (κ2) is 8.57. The van der Waals surface area contributed by atoms with Gasteiger partial charge in [-0.3, -0.25) is 4.99 Å². The Balaban J connectivity index is 0.00000176. The third-order valence-electron chi connectivity index (χ3n) is 4.06. The van der Waals surface area contributed by atoms with Crippen LogP contribution in [0.3, 0.4) is 0 Å². The van der Waals surface area contributed by atoms with Crippen LogP contribution >= 0.6 is 24.0 Å². The van der Waals surface area contributed by atoms with Crippen LogP contribution in [0.1, 0.15) is 19.3 Å². The molecule has 3 rings (SSSR count). The summed E-state index contributed by atoms with van der Waals surface area (Å²) in [5.74, 6) is 1.72. The number of rotatable bonds is 5. The summed E-state index contributed by atoms with van der Waals surface area (Å²) in [5.41, 5.74) is 0. The zero-order chi connectivity index (χ0) is 14.5. The van der Waals surface area contributed by atoms with E-state index < -0.39 is 0 Å². The van der Waals surface area contributed by atoms with Crippen molar-refractivity contribution in [2.75, 3.05) is 20.2 Å². The molecule has 22 heavy (non-hydrogen) atoms. The molecule has 2 N–H and O–H groups in total. The molecular formula is C16H24IN3O2. The van der Waals surface area contributed by atoms with Crippen molar-refractivity contribution in [1.29, 1.82) is 0 Å². The molecule has 0 saturated carbocycles. The van der Waals surface area contributed by atoms with Gasteiger partial charge < -0.3 is 20.1 Å². The fourth-order valence-corrected chi connectivity index (χ4v) is 3.02. The van der Waals surface area contributed by atoms with Crippen LogP contribution in [-0.2, 0) is 4.74 Å². The number of ether oxygens (including phenoxy) is 2. The van der Waals surface area contributed by atoms with E-state index in [0.717, 1.165) is 31.1 Å². The minimum Gasteiger partial charge on any atom is -0.492 e. The lowest BCUT2D eigenvalue weighted by molar-refractivity contribution is 0.0992. The van der Waals surface area contributed by atoms with Gasteiger partial charge in [0.1, 0.15) is 12.4 Å². The van der Waals surface area contributed by atoms with Gasteiger partial charge in [-0.15, -0.1) is 24.0 Å². The molecule has 2 bridgehead atoms. The Hall–Kier alpha value is -1.02. The summed E-state index contributed by atoms with van der Waals surface area (Å²) in [4.78, 5) is 4.26. The normalized spacial score (nSPS) is 26.4. The van der Waals surface area contributed by atoms with Crippen molar-refractivity contribution in [3.05, 3.63) is 30.3 Å². The number of benzene rings is 1. The Morgan fingerprint density at radius 1 is 1.32 bits per heavy atom. The molecule has 0 spiro atoms. The monoisotopic (exact) mass is 417 g/mol. The van der Waals surface area contributed by atoms with Crippen molar-refractivity contribution in [3.63, 3.8) is 0 Å². The first-order chi connectivity index (χ1) is 10.3. The number of hydrogen-bond acceptors (Lipinski definition) is 3. The quantitative estimate of drug-likeness (QED) is 0.334. The van der Waals surface area contributed by atoms with E-state index in [4.69, 9.17) is 9.47 Å². The van der Waals surface area contributed by atoms with E-state index in [1.165, 1.54) is 6.42 Å². The predicted octanol–water partition coefficient (Wildman–Crippen LogP) is 2.17. The number of fused-ring (bicyclic) bond motifs is 2. The molecule has 1 aromatic rings. The van der Waals surface area contributed by atoms with E-state index in [1.807, 2.05) is 30.3 Å². The molecule has 2 aliphatic heterocycles.